The molecular weight excluding hydrogens is 292 g/mol. The summed E-state index contributed by atoms with van der Waals surface area (Å²) in [6.45, 7) is 3.13. The van der Waals surface area contributed by atoms with Gasteiger partial charge in [0.05, 0.1) is 5.69 Å². The molecule has 3 heterocycles. The molecule has 2 aromatic heterocycles. The summed E-state index contributed by atoms with van der Waals surface area (Å²) in [6.07, 6.45) is 6.77. The largest absolute Gasteiger partial charge is 0.364 e. The molecule has 0 amide bonds. The Morgan fingerprint density at radius 1 is 1.48 bits per heavy atom. The minimum absolute atomic E-state index is 0.0187. The van der Waals surface area contributed by atoms with Crippen molar-refractivity contribution in [1.82, 2.24) is 19.0 Å². The number of imidazole rings is 1. The normalized spacial score (nSPS) is 20.1. The quantitative estimate of drug-likeness (QED) is 0.828. The lowest BCUT2D eigenvalue weighted by atomic mass is 10.2. The van der Waals surface area contributed by atoms with Crippen molar-refractivity contribution in [2.75, 3.05) is 6.54 Å². The van der Waals surface area contributed by atoms with E-state index in [4.69, 9.17) is 4.52 Å². The minimum atomic E-state index is -3.37. The third kappa shape index (κ3) is 3.01. The van der Waals surface area contributed by atoms with Gasteiger partial charge in [-0.25, -0.2) is 13.4 Å². The van der Waals surface area contributed by atoms with E-state index in [1.54, 1.807) is 16.6 Å². The molecule has 2 aromatic rings. The molecule has 0 aromatic carbocycles. The van der Waals surface area contributed by atoms with Gasteiger partial charge in [0, 0.05) is 37.6 Å². The first-order valence-electron chi connectivity index (χ1n) is 6.93. The summed E-state index contributed by atoms with van der Waals surface area (Å²) in [6, 6.07) is 1.57. The van der Waals surface area contributed by atoms with Gasteiger partial charge in [-0.3, -0.25) is 0 Å². The zero-order chi connectivity index (χ0) is 14.9. The molecule has 0 radical (unpaired) electrons. The lowest BCUT2D eigenvalue weighted by Crippen LogP contribution is -2.38. The first-order valence-corrected chi connectivity index (χ1v) is 8.54. The summed E-state index contributed by atoms with van der Waals surface area (Å²) < 4.78 is 33.4. The number of hydrogen-bond acceptors (Lipinski definition) is 5. The van der Waals surface area contributed by atoms with Gasteiger partial charge in [0.1, 0.15) is 17.8 Å². The molecule has 1 aliphatic rings. The number of rotatable bonds is 5. The molecule has 1 atom stereocenters. The Morgan fingerprint density at radius 2 is 2.33 bits per heavy atom. The monoisotopic (exact) mass is 310 g/mol. The van der Waals surface area contributed by atoms with E-state index >= 15 is 0 Å². The van der Waals surface area contributed by atoms with Crippen LogP contribution in [0, 0.1) is 6.92 Å². The topological polar surface area (TPSA) is 81.2 Å². The SMILES string of the molecule is Cc1nccn1CC1CCCN1S(=O)(=O)Cc1ccon1. The summed E-state index contributed by atoms with van der Waals surface area (Å²) in [7, 11) is -3.37. The highest BCUT2D eigenvalue weighted by Gasteiger charge is 2.34. The predicted octanol–water partition coefficient (Wildman–Crippen LogP) is 1.17. The molecule has 0 aliphatic carbocycles. The average molecular weight is 310 g/mol. The number of sulfonamides is 1. The van der Waals surface area contributed by atoms with E-state index in [0.717, 1.165) is 18.7 Å². The number of hydrogen-bond donors (Lipinski definition) is 0. The van der Waals surface area contributed by atoms with Gasteiger partial charge in [-0.15, -0.1) is 0 Å². The molecule has 0 spiro atoms. The summed E-state index contributed by atoms with van der Waals surface area (Å²) in [5.41, 5.74) is 0.444. The molecular formula is C13H18N4O3S. The van der Waals surface area contributed by atoms with Gasteiger partial charge in [0.15, 0.2) is 0 Å². The van der Waals surface area contributed by atoms with Gasteiger partial charge in [-0.2, -0.15) is 4.31 Å². The Morgan fingerprint density at radius 3 is 3.00 bits per heavy atom. The zero-order valence-electron chi connectivity index (χ0n) is 11.8. The van der Waals surface area contributed by atoms with Crippen molar-refractivity contribution < 1.29 is 12.9 Å². The zero-order valence-corrected chi connectivity index (χ0v) is 12.7. The molecule has 114 valence electrons. The van der Waals surface area contributed by atoms with Crippen molar-refractivity contribution in [3.05, 3.63) is 36.2 Å². The highest BCUT2D eigenvalue weighted by Crippen LogP contribution is 2.24. The standard InChI is InChI=1S/C13H18N4O3S/c1-11-14-5-7-16(11)9-13-3-2-6-17(13)21(18,19)10-12-4-8-20-15-12/h4-5,7-8,13H,2-3,6,9-10H2,1H3. The highest BCUT2D eigenvalue weighted by atomic mass is 32.2. The fraction of sp³-hybridized carbons (Fsp3) is 0.538. The van der Waals surface area contributed by atoms with Gasteiger partial charge in [-0.05, 0) is 19.8 Å². The molecule has 1 aliphatic heterocycles. The van der Waals surface area contributed by atoms with E-state index in [0.29, 0.717) is 18.8 Å². The molecule has 1 saturated heterocycles. The number of aryl methyl sites for hydroxylation is 1. The fourth-order valence-electron chi connectivity index (χ4n) is 2.76. The van der Waals surface area contributed by atoms with E-state index in [-0.39, 0.29) is 11.8 Å². The van der Waals surface area contributed by atoms with Crippen molar-refractivity contribution in [2.45, 2.75) is 38.1 Å². The van der Waals surface area contributed by atoms with Gasteiger partial charge < -0.3 is 9.09 Å². The van der Waals surface area contributed by atoms with E-state index < -0.39 is 10.0 Å². The summed E-state index contributed by atoms with van der Waals surface area (Å²) >= 11 is 0. The fourth-order valence-corrected chi connectivity index (χ4v) is 4.49. The van der Waals surface area contributed by atoms with Crippen LogP contribution in [-0.4, -0.2) is 40.0 Å². The smallest absolute Gasteiger partial charge is 0.220 e. The molecule has 8 heteroatoms. The van der Waals surface area contributed by atoms with Crippen molar-refractivity contribution in [1.29, 1.82) is 0 Å². The van der Waals surface area contributed by atoms with Crippen LogP contribution < -0.4 is 0 Å². The van der Waals surface area contributed by atoms with Gasteiger partial charge in [0.25, 0.3) is 0 Å². The first-order chi connectivity index (χ1) is 10.1. The maximum atomic E-state index is 12.5. The van der Waals surface area contributed by atoms with E-state index in [1.165, 1.54) is 6.26 Å². The van der Waals surface area contributed by atoms with Crippen LogP contribution in [0.3, 0.4) is 0 Å². The predicted molar refractivity (Wildman–Crippen MR) is 75.8 cm³/mol. The molecule has 0 bridgehead atoms. The second kappa shape index (κ2) is 5.61. The Kier molecular flexibility index (Phi) is 3.81. The minimum Gasteiger partial charge on any atom is -0.364 e. The van der Waals surface area contributed by atoms with Crippen LogP contribution in [0.1, 0.15) is 24.4 Å². The van der Waals surface area contributed by atoms with Crippen molar-refractivity contribution >= 4 is 10.0 Å². The molecule has 0 saturated carbocycles. The maximum Gasteiger partial charge on any atom is 0.220 e. The Balaban J connectivity index is 1.75. The highest BCUT2D eigenvalue weighted by molar-refractivity contribution is 7.88. The van der Waals surface area contributed by atoms with Crippen LogP contribution in [0.2, 0.25) is 0 Å². The first kappa shape index (κ1) is 14.3. The van der Waals surface area contributed by atoms with Gasteiger partial charge in [-0.1, -0.05) is 5.16 Å². The van der Waals surface area contributed by atoms with E-state index in [1.807, 2.05) is 17.7 Å². The third-order valence-electron chi connectivity index (χ3n) is 3.83. The van der Waals surface area contributed by atoms with Crippen LogP contribution in [-0.2, 0) is 22.3 Å². The Hall–Kier alpha value is -1.67. The molecule has 7 nitrogen and oxygen atoms in total. The molecule has 21 heavy (non-hydrogen) atoms. The van der Waals surface area contributed by atoms with E-state index in [2.05, 4.69) is 10.1 Å². The molecule has 3 rings (SSSR count). The van der Waals surface area contributed by atoms with Crippen molar-refractivity contribution in [2.24, 2.45) is 0 Å². The van der Waals surface area contributed by atoms with Gasteiger partial charge >= 0.3 is 0 Å². The van der Waals surface area contributed by atoms with E-state index in [9.17, 15) is 8.42 Å². The summed E-state index contributed by atoms with van der Waals surface area (Å²) in [5.74, 6) is 0.791. The third-order valence-corrected chi connectivity index (χ3v) is 5.69. The molecule has 0 N–H and O–H groups in total. The number of aromatic nitrogens is 3. The van der Waals surface area contributed by atoms with Crippen molar-refractivity contribution in [3.63, 3.8) is 0 Å². The van der Waals surface area contributed by atoms with Crippen molar-refractivity contribution in [3.8, 4) is 0 Å². The Labute approximate surface area is 123 Å². The van der Waals surface area contributed by atoms with Crippen LogP contribution in [0.25, 0.3) is 0 Å². The molecule has 1 fully saturated rings. The Bertz CT molecular complexity index is 693. The second-order valence-corrected chi connectivity index (χ2v) is 7.20. The summed E-state index contributed by atoms with van der Waals surface area (Å²) in [5, 5.41) is 3.69. The average Bonchev–Trinajstić information content (AvgIpc) is 3.13. The van der Waals surface area contributed by atoms with Crippen LogP contribution >= 0.6 is 0 Å². The summed E-state index contributed by atoms with van der Waals surface area (Å²) in [4.78, 5) is 4.18. The van der Waals surface area contributed by atoms with Crippen LogP contribution in [0.4, 0.5) is 0 Å². The molecule has 1 unspecified atom stereocenters. The maximum absolute atomic E-state index is 12.5. The lowest BCUT2D eigenvalue weighted by molar-refractivity contribution is 0.348. The van der Waals surface area contributed by atoms with Gasteiger partial charge in [0.2, 0.25) is 10.0 Å². The number of nitrogens with zero attached hydrogens (tertiary/aromatic N) is 4. The second-order valence-electron chi connectivity index (χ2n) is 5.28. The lowest BCUT2D eigenvalue weighted by Gasteiger charge is -2.24. The van der Waals surface area contributed by atoms with Crippen LogP contribution in [0.5, 0.6) is 0 Å². The van der Waals surface area contributed by atoms with Crippen LogP contribution in [0.15, 0.2) is 29.2 Å².